The lowest BCUT2D eigenvalue weighted by atomic mass is 10.1. The van der Waals surface area contributed by atoms with Gasteiger partial charge in [-0.2, -0.15) is 0 Å². The molecule has 1 heterocycles. The molecule has 1 aromatic carbocycles. The van der Waals surface area contributed by atoms with Crippen molar-refractivity contribution in [1.82, 2.24) is 2.78 Å². The molecule has 0 aliphatic heterocycles. The summed E-state index contributed by atoms with van der Waals surface area (Å²) in [4.78, 5) is 0. The Labute approximate surface area is 113 Å². The van der Waals surface area contributed by atoms with Crippen molar-refractivity contribution in [2.75, 3.05) is 0 Å². The molecule has 2 rings (SSSR count). The molecule has 2 aromatic rings. The molecule has 0 unspecified atom stereocenters. The third kappa shape index (κ3) is 2.17. The van der Waals surface area contributed by atoms with Crippen LogP contribution in [-0.4, -0.2) is 2.78 Å². The lowest BCUT2D eigenvalue weighted by Crippen LogP contribution is -1.92. The summed E-state index contributed by atoms with van der Waals surface area (Å²) >= 11 is 3.90. The van der Waals surface area contributed by atoms with E-state index in [0.717, 1.165) is 11.8 Å². The number of aromatic nitrogens is 1. The first-order chi connectivity index (χ1) is 7.09. The Morgan fingerprint density at radius 3 is 2.47 bits per heavy atom. The van der Waals surface area contributed by atoms with Crippen LogP contribution in [0.1, 0.15) is 0 Å². The largest absolute Gasteiger partial charge is 0.290 e. The third-order valence-electron chi connectivity index (χ3n) is 1.99. The van der Waals surface area contributed by atoms with Crippen molar-refractivity contribution in [3.8, 4) is 11.3 Å². The smallest absolute Gasteiger partial charge is 0.139 e. The van der Waals surface area contributed by atoms with Gasteiger partial charge in [0, 0.05) is 21.4 Å². The van der Waals surface area contributed by atoms with E-state index >= 15 is 0 Å². The first kappa shape index (κ1) is 11.3. The van der Waals surface area contributed by atoms with Gasteiger partial charge in [0.1, 0.15) is 11.6 Å². The first-order valence-electron chi connectivity index (χ1n) is 4.08. The summed E-state index contributed by atoms with van der Waals surface area (Å²) in [6.07, 6.45) is 1.81. The number of halogens is 4. The van der Waals surface area contributed by atoms with Gasteiger partial charge < -0.3 is 0 Å². The van der Waals surface area contributed by atoms with Crippen LogP contribution in [0.15, 0.2) is 30.5 Å². The van der Waals surface area contributed by atoms with Crippen LogP contribution in [0, 0.1) is 15.2 Å². The van der Waals surface area contributed by atoms with Gasteiger partial charge in [-0.3, -0.25) is 2.78 Å². The number of hydrogen-bond acceptors (Lipinski definition) is 0. The highest BCUT2D eigenvalue weighted by molar-refractivity contribution is 14.1. The van der Waals surface area contributed by atoms with Crippen LogP contribution in [-0.2, 0) is 0 Å². The summed E-state index contributed by atoms with van der Waals surface area (Å²) in [5.74, 6) is -1.06. The quantitative estimate of drug-likeness (QED) is 0.471. The SMILES string of the molecule is Fc1cc(F)c(-c2cccn2I)cc1I. The van der Waals surface area contributed by atoms with Crippen molar-refractivity contribution in [3.63, 3.8) is 0 Å². The molecule has 0 amide bonds. The highest BCUT2D eigenvalue weighted by Crippen LogP contribution is 2.27. The van der Waals surface area contributed by atoms with E-state index in [4.69, 9.17) is 0 Å². The van der Waals surface area contributed by atoms with Gasteiger partial charge in [-0.25, -0.2) is 8.78 Å². The van der Waals surface area contributed by atoms with Gasteiger partial charge in [0.15, 0.2) is 0 Å². The first-order valence-corrected chi connectivity index (χ1v) is 6.12. The van der Waals surface area contributed by atoms with Crippen molar-refractivity contribution in [2.45, 2.75) is 0 Å². The maximum atomic E-state index is 13.5. The molecule has 0 atom stereocenters. The molecule has 1 aromatic heterocycles. The fourth-order valence-corrected chi connectivity index (χ4v) is 2.36. The van der Waals surface area contributed by atoms with Crippen molar-refractivity contribution >= 4 is 45.5 Å². The zero-order valence-electron chi connectivity index (χ0n) is 7.35. The lowest BCUT2D eigenvalue weighted by molar-refractivity contribution is 0.580. The van der Waals surface area contributed by atoms with Crippen molar-refractivity contribution < 1.29 is 8.78 Å². The van der Waals surface area contributed by atoms with Crippen molar-refractivity contribution in [1.29, 1.82) is 0 Å². The molecule has 1 nitrogen and oxygen atoms in total. The third-order valence-corrected chi connectivity index (χ3v) is 3.66. The number of rotatable bonds is 1. The Hall–Kier alpha value is -0.180. The summed E-state index contributed by atoms with van der Waals surface area (Å²) in [6, 6.07) is 6.03. The molecule has 0 radical (unpaired) electrons. The van der Waals surface area contributed by atoms with Gasteiger partial charge in [0.25, 0.3) is 0 Å². The second-order valence-corrected chi connectivity index (χ2v) is 5.15. The zero-order chi connectivity index (χ0) is 11.0. The van der Waals surface area contributed by atoms with Gasteiger partial charge in [-0.15, -0.1) is 0 Å². The summed E-state index contributed by atoms with van der Waals surface area (Å²) in [5, 5.41) is 0. The summed E-state index contributed by atoms with van der Waals surface area (Å²) < 4.78 is 28.7. The Kier molecular flexibility index (Phi) is 3.29. The molecule has 0 aliphatic carbocycles. The highest BCUT2D eigenvalue weighted by Gasteiger charge is 2.12. The fraction of sp³-hybridized carbons (Fsp3) is 0. The monoisotopic (exact) mass is 431 g/mol. The Morgan fingerprint density at radius 2 is 1.87 bits per heavy atom. The molecule has 0 aliphatic rings. The van der Waals surface area contributed by atoms with E-state index in [9.17, 15) is 8.78 Å². The number of benzene rings is 1. The Morgan fingerprint density at radius 1 is 1.13 bits per heavy atom. The van der Waals surface area contributed by atoms with Crippen LogP contribution in [0.3, 0.4) is 0 Å². The molecule has 0 spiro atoms. The van der Waals surface area contributed by atoms with Gasteiger partial charge in [-0.1, -0.05) is 0 Å². The average molecular weight is 431 g/mol. The molecular formula is C10H5F2I2N. The van der Waals surface area contributed by atoms with E-state index in [0.29, 0.717) is 9.13 Å². The number of nitrogens with zero attached hydrogens (tertiary/aromatic N) is 1. The molecular weight excluding hydrogens is 426 g/mol. The standard InChI is InChI=1S/C10H5F2I2N/c11-7-5-8(12)9(13)4-6(7)10-2-1-3-15(10)14/h1-5H. The average Bonchev–Trinajstić information content (AvgIpc) is 2.58. The van der Waals surface area contributed by atoms with E-state index in [1.807, 2.05) is 57.7 Å². The maximum absolute atomic E-state index is 13.5. The lowest BCUT2D eigenvalue weighted by Gasteiger charge is -2.05. The maximum Gasteiger partial charge on any atom is 0.139 e. The van der Waals surface area contributed by atoms with Crippen LogP contribution in [0.25, 0.3) is 11.3 Å². The van der Waals surface area contributed by atoms with Crippen LogP contribution in [0.5, 0.6) is 0 Å². The van der Waals surface area contributed by atoms with E-state index < -0.39 is 11.6 Å². The highest BCUT2D eigenvalue weighted by atomic mass is 127. The molecule has 15 heavy (non-hydrogen) atoms. The molecule has 0 saturated carbocycles. The Balaban J connectivity index is 2.64. The summed E-state index contributed by atoms with van der Waals surface area (Å²) in [7, 11) is 0. The summed E-state index contributed by atoms with van der Waals surface area (Å²) in [5.41, 5.74) is 1.14. The van der Waals surface area contributed by atoms with Gasteiger partial charge >= 0.3 is 0 Å². The predicted octanol–water partition coefficient (Wildman–Crippen LogP) is 4.24. The van der Waals surface area contributed by atoms with E-state index in [1.54, 1.807) is 8.85 Å². The van der Waals surface area contributed by atoms with Crippen LogP contribution < -0.4 is 0 Å². The van der Waals surface area contributed by atoms with Crippen LogP contribution in [0.4, 0.5) is 8.78 Å². The Bertz CT molecular complexity index is 508. The van der Waals surface area contributed by atoms with Crippen LogP contribution in [0.2, 0.25) is 0 Å². The van der Waals surface area contributed by atoms with Gasteiger partial charge in [0.2, 0.25) is 0 Å². The van der Waals surface area contributed by atoms with E-state index in [2.05, 4.69) is 0 Å². The normalized spacial score (nSPS) is 10.7. The minimum Gasteiger partial charge on any atom is -0.290 e. The molecule has 0 bridgehead atoms. The fourth-order valence-electron chi connectivity index (χ4n) is 1.28. The van der Waals surface area contributed by atoms with Crippen molar-refractivity contribution in [3.05, 3.63) is 45.7 Å². The van der Waals surface area contributed by atoms with Crippen LogP contribution >= 0.6 is 45.5 Å². The molecule has 0 saturated heterocycles. The topological polar surface area (TPSA) is 4.93 Å². The second-order valence-electron chi connectivity index (χ2n) is 2.95. The molecule has 0 fully saturated rings. The minimum absolute atomic E-state index is 0.417. The van der Waals surface area contributed by atoms with E-state index in [-0.39, 0.29) is 0 Å². The summed E-state index contributed by atoms with van der Waals surface area (Å²) in [6.45, 7) is 0. The zero-order valence-corrected chi connectivity index (χ0v) is 11.7. The van der Waals surface area contributed by atoms with Gasteiger partial charge in [0.05, 0.1) is 28.6 Å². The van der Waals surface area contributed by atoms with Crippen molar-refractivity contribution in [2.24, 2.45) is 0 Å². The van der Waals surface area contributed by atoms with E-state index in [1.165, 1.54) is 6.07 Å². The second kappa shape index (κ2) is 4.36. The molecule has 5 heteroatoms. The predicted molar refractivity (Wildman–Crippen MR) is 71.9 cm³/mol. The molecule has 78 valence electrons. The number of hydrogen-bond donors (Lipinski definition) is 0. The minimum atomic E-state index is -0.537. The van der Waals surface area contributed by atoms with Gasteiger partial charge in [-0.05, 0) is 40.8 Å². The molecule has 0 N–H and O–H groups in total.